The van der Waals surface area contributed by atoms with Crippen LogP contribution in [0.2, 0.25) is 0 Å². The lowest BCUT2D eigenvalue weighted by molar-refractivity contribution is -0.137. The molecule has 18 heavy (non-hydrogen) atoms. The normalized spacial score (nSPS) is 12.1. The summed E-state index contributed by atoms with van der Waals surface area (Å²) < 4.78 is 1.91. The third-order valence-corrected chi connectivity index (χ3v) is 2.64. The number of amides is 1. The lowest BCUT2D eigenvalue weighted by Crippen LogP contribution is -2.37. The maximum Gasteiger partial charge on any atom is 0.303 e. The zero-order valence-corrected chi connectivity index (χ0v) is 10.5. The summed E-state index contributed by atoms with van der Waals surface area (Å²) in [6, 6.07) is 0.0523. The third kappa shape index (κ3) is 5.47. The summed E-state index contributed by atoms with van der Waals surface area (Å²) >= 11 is 0. The molecule has 0 saturated heterocycles. The van der Waals surface area contributed by atoms with E-state index in [1.807, 2.05) is 17.7 Å². The first-order valence-electron chi connectivity index (χ1n) is 6.08. The van der Waals surface area contributed by atoms with Gasteiger partial charge >= 0.3 is 5.97 Å². The molecule has 1 aromatic heterocycles. The fourth-order valence-electron chi connectivity index (χ4n) is 1.63. The van der Waals surface area contributed by atoms with E-state index in [2.05, 4.69) is 10.3 Å². The molecule has 0 spiro atoms. The molecule has 1 amide bonds. The van der Waals surface area contributed by atoms with Gasteiger partial charge in [-0.15, -0.1) is 0 Å². The van der Waals surface area contributed by atoms with Gasteiger partial charge in [0.25, 0.3) is 0 Å². The summed E-state index contributed by atoms with van der Waals surface area (Å²) in [5.74, 6) is -0.962. The van der Waals surface area contributed by atoms with Gasteiger partial charge in [0.2, 0.25) is 5.91 Å². The molecule has 1 atom stereocenters. The minimum atomic E-state index is -0.867. The molecule has 0 aliphatic rings. The average molecular weight is 253 g/mol. The van der Waals surface area contributed by atoms with Crippen LogP contribution in [-0.2, 0) is 16.1 Å². The Morgan fingerprint density at radius 1 is 1.44 bits per heavy atom. The van der Waals surface area contributed by atoms with Crippen molar-refractivity contribution in [2.75, 3.05) is 0 Å². The predicted molar refractivity (Wildman–Crippen MR) is 65.9 cm³/mol. The number of imidazole rings is 1. The molecule has 0 aliphatic heterocycles. The Balaban J connectivity index is 2.29. The second-order valence-electron chi connectivity index (χ2n) is 4.18. The molecular formula is C12H19N3O3. The molecular weight excluding hydrogens is 234 g/mol. The van der Waals surface area contributed by atoms with Crippen LogP contribution in [0.15, 0.2) is 18.7 Å². The highest BCUT2D eigenvalue weighted by Crippen LogP contribution is 2.00. The third-order valence-electron chi connectivity index (χ3n) is 2.64. The summed E-state index contributed by atoms with van der Waals surface area (Å²) in [4.78, 5) is 25.9. The zero-order chi connectivity index (χ0) is 13.4. The monoisotopic (exact) mass is 253 g/mol. The van der Waals surface area contributed by atoms with Crippen molar-refractivity contribution < 1.29 is 14.7 Å². The van der Waals surface area contributed by atoms with Crippen molar-refractivity contribution in [2.45, 2.75) is 45.2 Å². The van der Waals surface area contributed by atoms with Crippen molar-refractivity contribution in [3.8, 4) is 0 Å². The second kappa shape index (κ2) is 7.47. The van der Waals surface area contributed by atoms with E-state index in [4.69, 9.17) is 5.11 Å². The van der Waals surface area contributed by atoms with Crippen LogP contribution in [0.4, 0.5) is 0 Å². The minimum Gasteiger partial charge on any atom is -0.481 e. The van der Waals surface area contributed by atoms with Crippen molar-refractivity contribution in [1.82, 2.24) is 14.9 Å². The number of hydrogen-bond acceptors (Lipinski definition) is 3. The Labute approximate surface area is 106 Å². The molecule has 6 heteroatoms. The predicted octanol–water partition coefficient (Wildman–Crippen LogP) is 1.03. The first kappa shape index (κ1) is 14.2. The fourth-order valence-corrected chi connectivity index (χ4v) is 1.63. The van der Waals surface area contributed by atoms with Gasteiger partial charge < -0.3 is 15.0 Å². The fraction of sp³-hybridized carbons (Fsp3) is 0.583. The number of carbonyl (C=O) groups excluding carboxylic acids is 1. The molecule has 1 rings (SSSR count). The van der Waals surface area contributed by atoms with Crippen LogP contribution >= 0.6 is 0 Å². The summed E-state index contributed by atoms with van der Waals surface area (Å²) in [6.45, 7) is 2.68. The maximum atomic E-state index is 11.6. The highest BCUT2D eigenvalue weighted by molar-refractivity contribution is 5.77. The number of carbonyl (C=O) groups is 2. The Morgan fingerprint density at radius 2 is 2.22 bits per heavy atom. The Kier molecular flexibility index (Phi) is 5.90. The standard InChI is InChI=1S/C12H19N3O3/c1-2-10(8-15-7-6-13-9-15)14-11(16)4-3-5-12(17)18/h6-7,9-10H,2-5,8H2,1H3,(H,14,16)(H,17,18)/t10-/m0/s1. The lowest BCUT2D eigenvalue weighted by atomic mass is 10.2. The summed E-state index contributed by atoms with van der Waals surface area (Å²) in [5.41, 5.74) is 0. The van der Waals surface area contributed by atoms with E-state index in [0.717, 1.165) is 6.42 Å². The molecule has 0 aromatic carbocycles. The van der Waals surface area contributed by atoms with Crippen molar-refractivity contribution >= 4 is 11.9 Å². The molecule has 0 bridgehead atoms. The van der Waals surface area contributed by atoms with Gasteiger partial charge in [0, 0.05) is 37.8 Å². The molecule has 2 N–H and O–H groups in total. The van der Waals surface area contributed by atoms with Crippen LogP contribution in [0.5, 0.6) is 0 Å². The van der Waals surface area contributed by atoms with Gasteiger partial charge in [-0.3, -0.25) is 9.59 Å². The Morgan fingerprint density at radius 3 is 2.78 bits per heavy atom. The van der Waals surface area contributed by atoms with Crippen molar-refractivity contribution in [1.29, 1.82) is 0 Å². The quantitative estimate of drug-likeness (QED) is 0.724. The Bertz CT molecular complexity index is 376. The molecule has 100 valence electrons. The summed E-state index contributed by atoms with van der Waals surface area (Å²) in [7, 11) is 0. The maximum absolute atomic E-state index is 11.6. The van der Waals surface area contributed by atoms with Gasteiger partial charge in [0.15, 0.2) is 0 Å². The second-order valence-corrected chi connectivity index (χ2v) is 4.18. The van der Waals surface area contributed by atoms with Gasteiger partial charge in [-0.2, -0.15) is 0 Å². The van der Waals surface area contributed by atoms with Crippen LogP contribution in [0.3, 0.4) is 0 Å². The van der Waals surface area contributed by atoms with Crippen LogP contribution < -0.4 is 5.32 Å². The average Bonchev–Trinajstić information content (AvgIpc) is 2.80. The van der Waals surface area contributed by atoms with E-state index in [-0.39, 0.29) is 24.8 Å². The number of aliphatic carboxylic acids is 1. The highest BCUT2D eigenvalue weighted by atomic mass is 16.4. The molecule has 6 nitrogen and oxygen atoms in total. The molecule has 0 unspecified atom stereocenters. The molecule has 0 saturated carbocycles. The van der Waals surface area contributed by atoms with E-state index < -0.39 is 5.97 Å². The largest absolute Gasteiger partial charge is 0.481 e. The van der Waals surface area contributed by atoms with Gasteiger partial charge in [0.05, 0.1) is 6.33 Å². The number of hydrogen-bond donors (Lipinski definition) is 2. The van der Waals surface area contributed by atoms with E-state index in [1.165, 1.54) is 0 Å². The van der Waals surface area contributed by atoms with E-state index in [1.54, 1.807) is 12.5 Å². The van der Waals surface area contributed by atoms with Crippen LogP contribution in [0.25, 0.3) is 0 Å². The summed E-state index contributed by atoms with van der Waals surface area (Å²) in [5, 5.41) is 11.4. The van der Waals surface area contributed by atoms with Crippen LogP contribution in [-0.4, -0.2) is 32.6 Å². The van der Waals surface area contributed by atoms with Crippen molar-refractivity contribution in [2.24, 2.45) is 0 Å². The minimum absolute atomic E-state index is 0.0335. The van der Waals surface area contributed by atoms with Crippen LogP contribution in [0, 0.1) is 0 Å². The SMILES string of the molecule is CC[C@@H](Cn1ccnc1)NC(=O)CCCC(=O)O. The number of carboxylic acid groups (broad SMARTS) is 1. The summed E-state index contributed by atoms with van der Waals surface area (Å²) in [6.07, 6.45) is 6.74. The smallest absolute Gasteiger partial charge is 0.303 e. The zero-order valence-electron chi connectivity index (χ0n) is 10.5. The van der Waals surface area contributed by atoms with E-state index in [0.29, 0.717) is 13.0 Å². The van der Waals surface area contributed by atoms with Gasteiger partial charge in [-0.1, -0.05) is 6.92 Å². The molecule has 1 aromatic rings. The van der Waals surface area contributed by atoms with E-state index >= 15 is 0 Å². The van der Waals surface area contributed by atoms with Crippen molar-refractivity contribution in [3.05, 3.63) is 18.7 Å². The first-order chi connectivity index (χ1) is 8.61. The first-order valence-corrected chi connectivity index (χ1v) is 6.08. The number of nitrogens with zero attached hydrogens (tertiary/aromatic N) is 2. The van der Waals surface area contributed by atoms with E-state index in [9.17, 15) is 9.59 Å². The number of carboxylic acids is 1. The topological polar surface area (TPSA) is 84.2 Å². The molecule has 0 fully saturated rings. The number of nitrogens with one attached hydrogen (secondary N) is 1. The number of rotatable bonds is 8. The van der Waals surface area contributed by atoms with Gasteiger partial charge in [-0.25, -0.2) is 4.98 Å². The number of aromatic nitrogens is 2. The Hall–Kier alpha value is -1.85. The highest BCUT2D eigenvalue weighted by Gasteiger charge is 2.11. The van der Waals surface area contributed by atoms with Gasteiger partial charge in [-0.05, 0) is 12.8 Å². The van der Waals surface area contributed by atoms with Crippen LogP contribution in [0.1, 0.15) is 32.6 Å². The van der Waals surface area contributed by atoms with Crippen molar-refractivity contribution in [3.63, 3.8) is 0 Å². The molecule has 0 radical (unpaired) electrons. The molecule has 1 heterocycles. The lowest BCUT2D eigenvalue weighted by Gasteiger charge is -2.17. The molecule has 0 aliphatic carbocycles. The van der Waals surface area contributed by atoms with Gasteiger partial charge in [0.1, 0.15) is 0 Å².